The van der Waals surface area contributed by atoms with Gasteiger partial charge in [-0.05, 0) is 18.6 Å². The summed E-state index contributed by atoms with van der Waals surface area (Å²) in [5.74, 6) is 0. The summed E-state index contributed by atoms with van der Waals surface area (Å²) in [5, 5.41) is 0.521. The van der Waals surface area contributed by atoms with E-state index in [1.807, 2.05) is 20.8 Å². The second-order valence-electron chi connectivity index (χ2n) is 1.76. The number of hydrogen-bond donors (Lipinski definition) is 0. The molecule has 0 aliphatic heterocycles. The molecular formula is C8H11BrClN. The SMILES string of the molecule is CC.Cc1cnc(Cl)cc1Br. The molecule has 1 rings (SSSR count). The van der Waals surface area contributed by atoms with Gasteiger partial charge in [0.25, 0.3) is 0 Å². The summed E-state index contributed by atoms with van der Waals surface area (Å²) < 4.78 is 1.00. The van der Waals surface area contributed by atoms with Crippen LogP contribution in [0.2, 0.25) is 5.15 Å². The molecule has 0 saturated heterocycles. The summed E-state index contributed by atoms with van der Waals surface area (Å²) in [6.07, 6.45) is 1.73. The van der Waals surface area contributed by atoms with Gasteiger partial charge in [-0.2, -0.15) is 0 Å². The lowest BCUT2D eigenvalue weighted by molar-refractivity contribution is 1.25. The van der Waals surface area contributed by atoms with E-state index >= 15 is 0 Å². The van der Waals surface area contributed by atoms with Crippen LogP contribution in [0.25, 0.3) is 0 Å². The maximum Gasteiger partial charge on any atom is 0.130 e. The maximum atomic E-state index is 5.58. The molecule has 0 atom stereocenters. The molecule has 1 aromatic heterocycles. The van der Waals surface area contributed by atoms with Gasteiger partial charge in [0.15, 0.2) is 0 Å². The molecule has 0 spiro atoms. The summed E-state index contributed by atoms with van der Waals surface area (Å²) in [6, 6.07) is 1.77. The first-order valence-corrected chi connectivity index (χ1v) is 4.65. The third-order valence-electron chi connectivity index (χ3n) is 1.00. The highest BCUT2D eigenvalue weighted by molar-refractivity contribution is 9.10. The average Bonchev–Trinajstić information content (AvgIpc) is 2.02. The Hall–Kier alpha value is -0.0800. The zero-order valence-electron chi connectivity index (χ0n) is 6.86. The number of aryl methyl sites for hydroxylation is 1. The molecule has 0 amide bonds. The van der Waals surface area contributed by atoms with Crippen LogP contribution in [-0.4, -0.2) is 4.98 Å². The van der Waals surface area contributed by atoms with Crippen LogP contribution in [0.5, 0.6) is 0 Å². The number of nitrogens with zero attached hydrogens (tertiary/aromatic N) is 1. The lowest BCUT2D eigenvalue weighted by Crippen LogP contribution is -1.78. The molecule has 0 bridgehead atoms. The van der Waals surface area contributed by atoms with Crippen LogP contribution < -0.4 is 0 Å². The van der Waals surface area contributed by atoms with Crippen molar-refractivity contribution in [2.45, 2.75) is 20.8 Å². The third-order valence-corrected chi connectivity index (χ3v) is 2.07. The van der Waals surface area contributed by atoms with E-state index in [1.54, 1.807) is 12.3 Å². The summed E-state index contributed by atoms with van der Waals surface area (Å²) in [5.41, 5.74) is 1.10. The van der Waals surface area contributed by atoms with Gasteiger partial charge < -0.3 is 0 Å². The van der Waals surface area contributed by atoms with Crippen LogP contribution in [0.3, 0.4) is 0 Å². The van der Waals surface area contributed by atoms with Crippen molar-refractivity contribution in [2.75, 3.05) is 0 Å². The van der Waals surface area contributed by atoms with Crippen molar-refractivity contribution in [3.63, 3.8) is 0 Å². The molecule has 11 heavy (non-hydrogen) atoms. The second-order valence-corrected chi connectivity index (χ2v) is 3.00. The van der Waals surface area contributed by atoms with E-state index in [4.69, 9.17) is 11.6 Å². The van der Waals surface area contributed by atoms with Crippen LogP contribution >= 0.6 is 27.5 Å². The highest BCUT2D eigenvalue weighted by Gasteiger charge is 1.93. The normalized spacial score (nSPS) is 8.45. The Balaban J connectivity index is 0.000000461. The van der Waals surface area contributed by atoms with Crippen molar-refractivity contribution in [1.82, 2.24) is 4.98 Å². The average molecular weight is 237 g/mol. The highest BCUT2D eigenvalue weighted by atomic mass is 79.9. The smallest absolute Gasteiger partial charge is 0.130 e. The summed E-state index contributed by atoms with van der Waals surface area (Å²) >= 11 is 8.90. The van der Waals surface area contributed by atoms with Gasteiger partial charge in [-0.1, -0.05) is 41.4 Å². The summed E-state index contributed by atoms with van der Waals surface area (Å²) in [6.45, 7) is 5.97. The Morgan fingerprint density at radius 2 is 2.00 bits per heavy atom. The summed E-state index contributed by atoms with van der Waals surface area (Å²) in [7, 11) is 0. The molecule has 0 aliphatic rings. The predicted octanol–water partition coefficient (Wildman–Crippen LogP) is 3.83. The molecule has 1 heterocycles. The lowest BCUT2D eigenvalue weighted by Gasteiger charge is -1.94. The molecule has 0 N–H and O–H groups in total. The zero-order valence-corrected chi connectivity index (χ0v) is 9.20. The Kier molecular flexibility index (Phi) is 5.51. The van der Waals surface area contributed by atoms with Crippen LogP contribution in [0, 0.1) is 6.92 Å². The Labute approximate surface area is 80.9 Å². The number of pyridine rings is 1. The molecule has 62 valence electrons. The molecule has 0 unspecified atom stereocenters. The summed E-state index contributed by atoms with van der Waals surface area (Å²) in [4.78, 5) is 3.87. The van der Waals surface area contributed by atoms with Crippen molar-refractivity contribution in [3.05, 3.63) is 27.5 Å². The van der Waals surface area contributed by atoms with E-state index < -0.39 is 0 Å². The van der Waals surface area contributed by atoms with E-state index in [9.17, 15) is 0 Å². The fourth-order valence-corrected chi connectivity index (χ4v) is 1.08. The fourth-order valence-electron chi connectivity index (χ4n) is 0.476. The fraction of sp³-hybridized carbons (Fsp3) is 0.375. The number of rotatable bonds is 0. The van der Waals surface area contributed by atoms with Gasteiger partial charge in [0.2, 0.25) is 0 Å². The van der Waals surface area contributed by atoms with Gasteiger partial charge in [-0.15, -0.1) is 0 Å². The van der Waals surface area contributed by atoms with Gasteiger partial charge in [-0.3, -0.25) is 0 Å². The van der Waals surface area contributed by atoms with E-state index in [2.05, 4.69) is 20.9 Å². The molecule has 0 aliphatic carbocycles. The van der Waals surface area contributed by atoms with Crippen LogP contribution in [0.1, 0.15) is 19.4 Å². The topological polar surface area (TPSA) is 12.9 Å². The van der Waals surface area contributed by atoms with E-state index in [1.165, 1.54) is 0 Å². The van der Waals surface area contributed by atoms with Crippen molar-refractivity contribution >= 4 is 27.5 Å². The largest absolute Gasteiger partial charge is 0.244 e. The third kappa shape index (κ3) is 3.73. The van der Waals surface area contributed by atoms with Gasteiger partial charge in [-0.25, -0.2) is 4.98 Å². The van der Waals surface area contributed by atoms with Gasteiger partial charge >= 0.3 is 0 Å². The zero-order chi connectivity index (χ0) is 8.85. The molecule has 0 saturated carbocycles. The van der Waals surface area contributed by atoms with Crippen LogP contribution in [0.4, 0.5) is 0 Å². The Morgan fingerprint density at radius 1 is 1.45 bits per heavy atom. The first-order valence-electron chi connectivity index (χ1n) is 3.48. The first kappa shape index (κ1) is 10.9. The van der Waals surface area contributed by atoms with Gasteiger partial charge in [0, 0.05) is 10.7 Å². The minimum absolute atomic E-state index is 0.521. The lowest BCUT2D eigenvalue weighted by atomic mass is 10.3. The number of aromatic nitrogens is 1. The van der Waals surface area contributed by atoms with E-state index in [-0.39, 0.29) is 0 Å². The van der Waals surface area contributed by atoms with Crippen molar-refractivity contribution in [3.8, 4) is 0 Å². The molecule has 0 fully saturated rings. The van der Waals surface area contributed by atoms with Crippen LogP contribution in [0.15, 0.2) is 16.7 Å². The highest BCUT2D eigenvalue weighted by Crippen LogP contribution is 2.17. The second kappa shape index (κ2) is 5.56. The maximum absolute atomic E-state index is 5.58. The quantitative estimate of drug-likeness (QED) is 0.624. The molecular weight excluding hydrogens is 225 g/mol. The van der Waals surface area contributed by atoms with Crippen LogP contribution in [-0.2, 0) is 0 Å². The molecule has 1 nitrogen and oxygen atoms in total. The van der Waals surface area contributed by atoms with Gasteiger partial charge in [0.1, 0.15) is 5.15 Å². The molecule has 3 heteroatoms. The predicted molar refractivity (Wildman–Crippen MR) is 53.0 cm³/mol. The minimum Gasteiger partial charge on any atom is -0.244 e. The molecule has 0 radical (unpaired) electrons. The van der Waals surface area contributed by atoms with Crippen molar-refractivity contribution < 1.29 is 0 Å². The Bertz CT molecular complexity index is 225. The van der Waals surface area contributed by atoms with Gasteiger partial charge in [0.05, 0.1) is 0 Å². The molecule has 0 aromatic carbocycles. The van der Waals surface area contributed by atoms with Crippen molar-refractivity contribution in [2.24, 2.45) is 0 Å². The monoisotopic (exact) mass is 235 g/mol. The Morgan fingerprint density at radius 3 is 2.36 bits per heavy atom. The van der Waals surface area contributed by atoms with E-state index in [0.29, 0.717) is 5.15 Å². The minimum atomic E-state index is 0.521. The number of hydrogen-bond acceptors (Lipinski definition) is 1. The number of halogens is 2. The van der Waals surface area contributed by atoms with Crippen molar-refractivity contribution in [1.29, 1.82) is 0 Å². The standard InChI is InChI=1S/C6H5BrClN.C2H6/c1-4-3-9-6(8)2-5(4)7;1-2/h2-3H,1H3;1-2H3. The first-order chi connectivity index (χ1) is 5.20. The van der Waals surface area contributed by atoms with E-state index in [0.717, 1.165) is 10.0 Å². The molecule has 1 aromatic rings.